The van der Waals surface area contributed by atoms with Crippen LogP contribution in [0.4, 0.5) is 17.3 Å². The van der Waals surface area contributed by atoms with E-state index >= 15 is 0 Å². The number of aliphatic hydroxyl groups excluding tert-OH is 3. The van der Waals surface area contributed by atoms with Gasteiger partial charge >= 0.3 is 7.25 Å². The highest BCUT2D eigenvalue weighted by Crippen LogP contribution is 2.60. The van der Waals surface area contributed by atoms with Crippen molar-refractivity contribution in [2.45, 2.75) is 116 Å². The molecule has 0 radical (unpaired) electrons. The first-order valence-electron chi connectivity index (χ1n) is 13.8. The summed E-state index contributed by atoms with van der Waals surface area (Å²) >= 11 is 0. The van der Waals surface area contributed by atoms with Crippen molar-refractivity contribution in [3.05, 3.63) is 0 Å². The van der Waals surface area contributed by atoms with Crippen molar-refractivity contribution in [3.8, 4) is 0 Å². The summed E-state index contributed by atoms with van der Waals surface area (Å²) in [6, 6.07) is 0. The number of rotatable bonds is 24. The van der Waals surface area contributed by atoms with E-state index in [0.29, 0.717) is 0 Å². The Kier molecular flexibility index (Phi) is 27.9. The standard InChI is InChI=1S/C25H54O3P.BF4/c1-2-3-4-5-6-7-8-9-10-11-12-13-14-15-22-29(23-16-19-26,24-17-20-27)25-18-21-28;2-1(3,4)5/h26-28H,2-25H2,1H3;/q+1;-1. The molecule has 0 aliphatic heterocycles. The molecule has 0 aromatic rings. The van der Waals surface area contributed by atoms with Crippen LogP contribution in [-0.2, 0) is 0 Å². The van der Waals surface area contributed by atoms with E-state index in [1.54, 1.807) is 0 Å². The lowest BCUT2D eigenvalue weighted by Crippen LogP contribution is -2.15. The highest BCUT2D eigenvalue weighted by atomic mass is 31.2. The lowest BCUT2D eigenvalue weighted by molar-refractivity contribution is 0.292. The highest BCUT2D eigenvalue weighted by Gasteiger charge is 2.34. The molecule has 0 heterocycles. The smallest absolute Gasteiger partial charge is 0.418 e. The minimum Gasteiger partial charge on any atom is -0.418 e. The van der Waals surface area contributed by atoms with Crippen LogP contribution < -0.4 is 0 Å². The van der Waals surface area contributed by atoms with E-state index in [2.05, 4.69) is 6.92 Å². The van der Waals surface area contributed by atoms with E-state index in [1.165, 1.54) is 96.1 Å². The quantitative estimate of drug-likeness (QED) is 0.0524. The van der Waals surface area contributed by atoms with Gasteiger partial charge in [-0.3, -0.25) is 0 Å². The Hall–Kier alpha value is 0.0949. The summed E-state index contributed by atoms with van der Waals surface area (Å²) in [6.45, 7) is 3.11. The molecule has 0 rings (SSSR count). The molecule has 0 fully saturated rings. The zero-order valence-electron chi connectivity index (χ0n) is 21.8. The lowest BCUT2D eigenvalue weighted by Gasteiger charge is -2.27. The van der Waals surface area contributed by atoms with Crippen LogP contribution >= 0.6 is 7.26 Å². The molecule has 3 N–H and O–H groups in total. The SMILES string of the molecule is CCCCCCCCCCCCCCCC[P+](CCCO)(CCCO)CCCO.F[B-](F)(F)F. The number of hydrogen-bond donors (Lipinski definition) is 3. The Bertz CT molecular complexity index is 377. The maximum absolute atomic E-state index is 9.75. The van der Waals surface area contributed by atoms with Crippen LogP contribution in [0, 0.1) is 0 Å². The number of hydrogen-bond acceptors (Lipinski definition) is 3. The van der Waals surface area contributed by atoms with Crippen LogP contribution in [0.1, 0.15) is 116 Å². The lowest BCUT2D eigenvalue weighted by atomic mass is 10.0. The van der Waals surface area contributed by atoms with Crippen molar-refractivity contribution < 1.29 is 32.6 Å². The third-order valence-electron chi connectivity index (χ3n) is 6.36. The van der Waals surface area contributed by atoms with Gasteiger partial charge in [-0.1, -0.05) is 84.0 Å². The van der Waals surface area contributed by atoms with Crippen molar-refractivity contribution in [1.29, 1.82) is 0 Å². The molecule has 0 aliphatic carbocycles. The van der Waals surface area contributed by atoms with Gasteiger partial charge in [0.1, 0.15) is 0 Å². The van der Waals surface area contributed by atoms with Gasteiger partial charge in [0.05, 0.1) is 24.6 Å². The summed E-state index contributed by atoms with van der Waals surface area (Å²) < 4.78 is 39.0. The molecule has 0 aliphatic rings. The van der Waals surface area contributed by atoms with Crippen molar-refractivity contribution in [2.75, 3.05) is 44.5 Å². The van der Waals surface area contributed by atoms with Crippen molar-refractivity contribution in [2.24, 2.45) is 0 Å². The Morgan fingerprint density at radius 3 is 0.941 bits per heavy atom. The van der Waals surface area contributed by atoms with E-state index in [4.69, 9.17) is 0 Å². The van der Waals surface area contributed by atoms with Gasteiger partial charge in [-0.05, 0) is 12.8 Å². The highest BCUT2D eigenvalue weighted by molar-refractivity contribution is 7.75. The minimum absolute atomic E-state index is 0.277. The van der Waals surface area contributed by atoms with E-state index < -0.39 is 14.5 Å². The first kappa shape index (κ1) is 36.3. The molecule has 9 heteroatoms. The average Bonchev–Trinajstić information content (AvgIpc) is 2.78. The van der Waals surface area contributed by atoms with E-state index in [1.807, 2.05) is 0 Å². The second-order valence-corrected chi connectivity index (χ2v) is 14.0. The zero-order valence-corrected chi connectivity index (χ0v) is 22.7. The van der Waals surface area contributed by atoms with Crippen LogP contribution in [0.5, 0.6) is 0 Å². The topological polar surface area (TPSA) is 60.7 Å². The number of halogens is 4. The Morgan fingerprint density at radius 2 is 0.676 bits per heavy atom. The van der Waals surface area contributed by atoms with Gasteiger partial charge in [-0.25, -0.2) is 0 Å². The molecule has 0 atom stereocenters. The van der Waals surface area contributed by atoms with Crippen LogP contribution in [0.15, 0.2) is 0 Å². The Morgan fingerprint density at radius 1 is 0.441 bits per heavy atom. The molecule has 34 heavy (non-hydrogen) atoms. The Labute approximate surface area is 207 Å². The molecule has 0 aromatic heterocycles. The van der Waals surface area contributed by atoms with E-state index in [9.17, 15) is 32.6 Å². The van der Waals surface area contributed by atoms with Crippen molar-refractivity contribution >= 4 is 14.5 Å². The summed E-state index contributed by atoms with van der Waals surface area (Å²) in [4.78, 5) is 0. The summed E-state index contributed by atoms with van der Waals surface area (Å²) in [7, 11) is -7.11. The second-order valence-electron chi connectivity index (χ2n) is 9.56. The molecule has 0 amide bonds. The number of unbranched alkanes of at least 4 members (excludes halogenated alkanes) is 13. The summed E-state index contributed by atoms with van der Waals surface area (Å²) in [5, 5.41) is 27.9. The monoisotopic (exact) mass is 520 g/mol. The molecule has 0 aromatic carbocycles. The first-order valence-corrected chi connectivity index (χ1v) is 16.3. The third-order valence-corrected chi connectivity index (χ3v) is 11.4. The fourth-order valence-electron chi connectivity index (χ4n) is 4.53. The molecular formula is C25H54BF4O3P. The van der Waals surface area contributed by atoms with Crippen LogP contribution in [0.25, 0.3) is 0 Å². The molecule has 0 saturated carbocycles. The maximum atomic E-state index is 9.75. The zero-order chi connectivity index (χ0) is 26.0. The predicted octanol–water partition coefficient (Wildman–Crippen LogP) is 7.93. The van der Waals surface area contributed by atoms with Gasteiger partial charge in [0.15, 0.2) is 0 Å². The van der Waals surface area contributed by atoms with Gasteiger partial charge in [-0.2, -0.15) is 0 Å². The van der Waals surface area contributed by atoms with Gasteiger partial charge in [0.2, 0.25) is 0 Å². The van der Waals surface area contributed by atoms with E-state index in [0.717, 1.165) is 37.7 Å². The van der Waals surface area contributed by atoms with Gasteiger partial charge in [-0.15, -0.1) is 0 Å². The molecule has 0 saturated heterocycles. The van der Waals surface area contributed by atoms with Crippen molar-refractivity contribution in [1.82, 2.24) is 0 Å². The predicted molar refractivity (Wildman–Crippen MR) is 142 cm³/mol. The van der Waals surface area contributed by atoms with Crippen LogP contribution in [0.2, 0.25) is 0 Å². The maximum Gasteiger partial charge on any atom is 0.673 e. The second kappa shape index (κ2) is 26.2. The molecule has 208 valence electrons. The fraction of sp³-hybridized carbons (Fsp3) is 1.00. The van der Waals surface area contributed by atoms with Gasteiger partial charge in [0.25, 0.3) is 0 Å². The largest absolute Gasteiger partial charge is 0.673 e. The molecule has 0 unspecified atom stereocenters. The molecule has 0 bridgehead atoms. The summed E-state index contributed by atoms with van der Waals surface area (Å²) in [5.74, 6) is 0. The molecule has 0 spiro atoms. The fourth-order valence-corrected chi connectivity index (χ4v) is 9.20. The molecule has 3 nitrogen and oxygen atoms in total. The Balaban J connectivity index is 0. The third kappa shape index (κ3) is 30.1. The van der Waals surface area contributed by atoms with Crippen molar-refractivity contribution in [3.63, 3.8) is 0 Å². The average molecular weight is 520 g/mol. The van der Waals surface area contributed by atoms with Crippen LogP contribution in [0.3, 0.4) is 0 Å². The van der Waals surface area contributed by atoms with E-state index in [-0.39, 0.29) is 19.8 Å². The summed E-state index contributed by atoms with van der Waals surface area (Å²) in [6.07, 6.45) is 26.9. The summed E-state index contributed by atoms with van der Waals surface area (Å²) in [5.41, 5.74) is 0. The van der Waals surface area contributed by atoms with Crippen LogP contribution in [-0.4, -0.2) is 67.0 Å². The molecular weight excluding hydrogens is 466 g/mol. The number of aliphatic hydroxyl groups is 3. The first-order chi connectivity index (χ1) is 16.2. The normalized spacial score (nSPS) is 12.0. The minimum atomic E-state index is -6.00. The van der Waals surface area contributed by atoms with Gasteiger partial charge < -0.3 is 32.6 Å². The van der Waals surface area contributed by atoms with Gasteiger partial charge in [0, 0.05) is 46.3 Å².